The SMILES string of the molecule is C=C[C@H](CCC(C)C)[C@@H](O)[C@H](C)OCc1ccc(OC)cc1.C=C[C@H](CCC(C)C)[C@@H](O[Si](C(C)C)(C(C)C)C(C)C)[C@H](C)OCc1ccc(OC)cc1. The first-order valence-corrected chi connectivity index (χ1v) is 22.7. The number of hydrogen-bond donors (Lipinski definition) is 1. The van der Waals surface area contributed by atoms with Crippen LogP contribution in [-0.2, 0) is 27.1 Å². The third-order valence-electron chi connectivity index (χ3n) is 11.0. The number of aliphatic hydroxyl groups is 1. The molecule has 2 aromatic rings. The summed E-state index contributed by atoms with van der Waals surface area (Å²) >= 11 is 0. The number of ether oxygens (including phenoxy) is 4. The van der Waals surface area contributed by atoms with Gasteiger partial charge in [-0.3, -0.25) is 0 Å². The molecule has 0 spiro atoms. The summed E-state index contributed by atoms with van der Waals surface area (Å²) in [6.45, 7) is 36.3. The Balaban J connectivity index is 0.000000578. The van der Waals surface area contributed by atoms with Gasteiger partial charge in [-0.2, -0.15) is 0 Å². The van der Waals surface area contributed by atoms with Gasteiger partial charge in [-0.15, -0.1) is 13.2 Å². The molecule has 0 fully saturated rings. The van der Waals surface area contributed by atoms with Crippen molar-refractivity contribution in [3.05, 3.63) is 85.0 Å². The Hall–Kier alpha value is -2.42. The van der Waals surface area contributed by atoms with Gasteiger partial charge in [0.05, 0.1) is 51.8 Å². The van der Waals surface area contributed by atoms with Crippen LogP contribution in [0.5, 0.6) is 11.5 Å². The molecule has 0 aliphatic carbocycles. The molecular formula is C47H80O6Si. The van der Waals surface area contributed by atoms with E-state index in [1.807, 2.05) is 49.4 Å². The second kappa shape index (κ2) is 25.7. The quantitative estimate of drug-likeness (QED) is 0.0801. The summed E-state index contributed by atoms with van der Waals surface area (Å²) in [5, 5.41) is 10.4. The number of benzene rings is 2. The number of methoxy groups -OCH3 is 2. The third-order valence-corrected chi connectivity index (χ3v) is 17.1. The van der Waals surface area contributed by atoms with Crippen molar-refractivity contribution < 1.29 is 28.5 Å². The molecule has 7 heteroatoms. The summed E-state index contributed by atoms with van der Waals surface area (Å²) in [4.78, 5) is 0. The summed E-state index contributed by atoms with van der Waals surface area (Å²) in [6.07, 6.45) is 7.49. The molecule has 0 aliphatic heterocycles. The zero-order valence-electron chi connectivity index (χ0n) is 36.8. The van der Waals surface area contributed by atoms with Crippen molar-refractivity contribution in [3.8, 4) is 11.5 Å². The van der Waals surface area contributed by atoms with Gasteiger partial charge in [0.15, 0.2) is 0 Å². The highest BCUT2D eigenvalue weighted by Gasteiger charge is 2.48. The normalized spacial score (nSPS) is 15.4. The molecule has 0 aliphatic rings. The topological polar surface area (TPSA) is 66.4 Å². The molecule has 0 saturated heterocycles. The van der Waals surface area contributed by atoms with Crippen LogP contribution in [0.15, 0.2) is 73.8 Å². The summed E-state index contributed by atoms with van der Waals surface area (Å²) in [5.74, 6) is 3.35. The van der Waals surface area contributed by atoms with E-state index in [2.05, 4.69) is 108 Å². The van der Waals surface area contributed by atoms with E-state index in [4.69, 9.17) is 23.4 Å². The highest BCUT2D eigenvalue weighted by Crippen LogP contribution is 2.45. The van der Waals surface area contributed by atoms with E-state index >= 15 is 0 Å². The van der Waals surface area contributed by atoms with Crippen LogP contribution in [-0.4, -0.2) is 52.1 Å². The van der Waals surface area contributed by atoms with Gasteiger partial charge >= 0.3 is 0 Å². The lowest BCUT2D eigenvalue weighted by molar-refractivity contribution is -0.0532. The van der Waals surface area contributed by atoms with E-state index in [-0.39, 0.29) is 30.1 Å². The summed E-state index contributed by atoms with van der Waals surface area (Å²) in [5.41, 5.74) is 3.82. The lowest BCUT2D eigenvalue weighted by Gasteiger charge is -2.47. The molecule has 0 unspecified atom stereocenters. The van der Waals surface area contributed by atoms with E-state index < -0.39 is 14.4 Å². The monoisotopic (exact) mass is 769 g/mol. The van der Waals surface area contributed by atoms with E-state index in [0.29, 0.717) is 41.7 Å². The molecule has 2 rings (SSSR count). The summed E-state index contributed by atoms with van der Waals surface area (Å²) in [7, 11) is 1.29. The average Bonchev–Trinajstić information content (AvgIpc) is 3.14. The average molecular weight is 769 g/mol. The van der Waals surface area contributed by atoms with Gasteiger partial charge in [-0.25, -0.2) is 0 Å². The molecule has 0 saturated carbocycles. The minimum atomic E-state index is -2.05. The van der Waals surface area contributed by atoms with E-state index in [1.165, 1.54) is 6.42 Å². The molecule has 0 heterocycles. The molecule has 0 radical (unpaired) electrons. The minimum absolute atomic E-state index is 0.0170. The molecule has 0 bridgehead atoms. The Labute approximate surface area is 333 Å². The van der Waals surface area contributed by atoms with Gasteiger partial charge in [-0.05, 0) is 90.5 Å². The van der Waals surface area contributed by atoms with Crippen molar-refractivity contribution in [2.45, 2.75) is 163 Å². The Bertz CT molecular complexity index is 1250. The van der Waals surface area contributed by atoms with Crippen LogP contribution in [0.4, 0.5) is 0 Å². The predicted molar refractivity (Wildman–Crippen MR) is 232 cm³/mol. The van der Waals surface area contributed by atoms with Crippen molar-refractivity contribution in [1.29, 1.82) is 0 Å². The van der Waals surface area contributed by atoms with Gasteiger partial charge in [0.2, 0.25) is 8.32 Å². The first-order chi connectivity index (χ1) is 25.5. The summed E-state index contributed by atoms with van der Waals surface area (Å²) in [6, 6.07) is 15.9. The van der Waals surface area contributed by atoms with Crippen LogP contribution in [0.2, 0.25) is 16.6 Å². The third kappa shape index (κ3) is 16.4. The largest absolute Gasteiger partial charge is 0.497 e. The molecule has 308 valence electrons. The number of rotatable bonds is 25. The van der Waals surface area contributed by atoms with Gasteiger partial charge in [0.1, 0.15) is 11.5 Å². The molecule has 54 heavy (non-hydrogen) atoms. The van der Waals surface area contributed by atoms with Crippen LogP contribution in [0.3, 0.4) is 0 Å². The van der Waals surface area contributed by atoms with Crippen LogP contribution < -0.4 is 9.47 Å². The fourth-order valence-corrected chi connectivity index (χ4v) is 13.2. The van der Waals surface area contributed by atoms with Crippen LogP contribution >= 0.6 is 0 Å². The van der Waals surface area contributed by atoms with Crippen molar-refractivity contribution in [2.24, 2.45) is 23.7 Å². The van der Waals surface area contributed by atoms with Crippen molar-refractivity contribution in [3.63, 3.8) is 0 Å². The standard InChI is InChI=1S/C28H50O3Si.C19H30O3/c1-12-26(16-13-20(2)3)28(31-32(21(4)5,22(6)7)23(8)9)24(10)30-19-25-14-17-27(29-11)18-15-25;1-6-17(10-7-14(2)3)19(20)15(4)22-13-16-8-11-18(21-5)12-9-16/h12,14-15,17-18,20-24,26,28H,1,13,16,19H2,2-11H3;6,8-9,11-12,14-15,17,19-20H,1,7,10,13H2,2-5H3/t24-,26+,28-;15-,17+,19-/m00/s1. The molecule has 0 aromatic heterocycles. The maximum atomic E-state index is 10.4. The van der Waals surface area contributed by atoms with Gasteiger partial charge in [-0.1, -0.05) is 118 Å². The molecule has 6 atom stereocenters. The van der Waals surface area contributed by atoms with Gasteiger partial charge in [0, 0.05) is 11.8 Å². The Morgan fingerprint density at radius 3 is 1.26 bits per heavy atom. The highest BCUT2D eigenvalue weighted by atomic mass is 28.4. The molecule has 0 amide bonds. The first kappa shape index (κ1) is 49.6. The van der Waals surface area contributed by atoms with Crippen LogP contribution in [0.25, 0.3) is 0 Å². The Morgan fingerprint density at radius 2 is 0.926 bits per heavy atom. The number of hydrogen-bond acceptors (Lipinski definition) is 6. The van der Waals surface area contributed by atoms with E-state index in [1.54, 1.807) is 14.2 Å². The summed E-state index contributed by atoms with van der Waals surface area (Å²) < 4.78 is 30.0. The Morgan fingerprint density at radius 1 is 0.556 bits per heavy atom. The maximum Gasteiger partial charge on any atom is 0.200 e. The second-order valence-corrected chi connectivity index (χ2v) is 22.3. The smallest absolute Gasteiger partial charge is 0.200 e. The van der Waals surface area contributed by atoms with Crippen LogP contribution in [0.1, 0.15) is 120 Å². The maximum absolute atomic E-state index is 10.4. The van der Waals surface area contributed by atoms with Gasteiger partial charge in [0.25, 0.3) is 0 Å². The number of aliphatic hydroxyl groups excluding tert-OH is 1. The lowest BCUT2D eigenvalue weighted by atomic mass is 9.91. The first-order valence-electron chi connectivity index (χ1n) is 20.6. The fraction of sp³-hybridized carbons (Fsp3) is 0.660. The molecular weight excluding hydrogens is 689 g/mol. The fourth-order valence-electron chi connectivity index (χ4n) is 7.51. The molecule has 1 N–H and O–H groups in total. The van der Waals surface area contributed by atoms with E-state index in [9.17, 15) is 5.11 Å². The van der Waals surface area contributed by atoms with Crippen LogP contribution in [0, 0.1) is 23.7 Å². The predicted octanol–water partition coefficient (Wildman–Crippen LogP) is 12.6. The van der Waals surface area contributed by atoms with Crippen molar-refractivity contribution in [2.75, 3.05) is 14.2 Å². The lowest BCUT2D eigenvalue weighted by Crippen LogP contribution is -2.54. The van der Waals surface area contributed by atoms with Crippen molar-refractivity contribution >= 4 is 8.32 Å². The minimum Gasteiger partial charge on any atom is -0.497 e. The van der Waals surface area contributed by atoms with E-state index in [0.717, 1.165) is 41.9 Å². The second-order valence-electron chi connectivity index (χ2n) is 16.9. The molecule has 2 aromatic carbocycles. The van der Waals surface area contributed by atoms with Gasteiger partial charge < -0.3 is 28.5 Å². The zero-order valence-corrected chi connectivity index (χ0v) is 37.8. The van der Waals surface area contributed by atoms with Crippen molar-refractivity contribution in [1.82, 2.24) is 0 Å². The highest BCUT2D eigenvalue weighted by molar-refractivity contribution is 6.77. The zero-order chi connectivity index (χ0) is 41.0. The Kier molecular flexibility index (Phi) is 23.6. The molecule has 6 nitrogen and oxygen atoms in total.